The Morgan fingerprint density at radius 1 is 1.47 bits per heavy atom. The number of nitrogens with zero attached hydrogens (tertiary/aromatic N) is 1. The standard InChI is InChI=1S/C12H17NO2/c1-9(2)10-4-5-11(13-7-10)6-12(14)8-15-3/h4-5,7,9H,6,8H2,1-3H3. The molecule has 0 unspecified atom stereocenters. The summed E-state index contributed by atoms with van der Waals surface area (Å²) >= 11 is 0. The van der Waals surface area contributed by atoms with Crippen LogP contribution in [0.3, 0.4) is 0 Å². The Kier molecular flexibility index (Phi) is 4.43. The van der Waals surface area contributed by atoms with Crippen molar-refractivity contribution in [1.29, 1.82) is 0 Å². The molecule has 0 atom stereocenters. The predicted octanol–water partition coefficient (Wildman–Crippen LogP) is 1.96. The lowest BCUT2D eigenvalue weighted by molar-refractivity contribution is -0.122. The zero-order valence-electron chi connectivity index (χ0n) is 9.49. The third kappa shape index (κ3) is 3.80. The van der Waals surface area contributed by atoms with Gasteiger partial charge in [-0.2, -0.15) is 0 Å². The summed E-state index contributed by atoms with van der Waals surface area (Å²) in [4.78, 5) is 15.5. The molecule has 3 nitrogen and oxygen atoms in total. The van der Waals surface area contributed by atoms with Crippen molar-refractivity contribution in [2.45, 2.75) is 26.2 Å². The van der Waals surface area contributed by atoms with Gasteiger partial charge in [0.2, 0.25) is 0 Å². The second-order valence-electron chi connectivity index (χ2n) is 3.89. The molecule has 0 bridgehead atoms. The summed E-state index contributed by atoms with van der Waals surface area (Å²) in [6, 6.07) is 3.93. The maximum Gasteiger partial charge on any atom is 0.164 e. The third-order valence-corrected chi connectivity index (χ3v) is 2.20. The number of hydrogen-bond acceptors (Lipinski definition) is 3. The van der Waals surface area contributed by atoms with Crippen LogP contribution < -0.4 is 0 Å². The van der Waals surface area contributed by atoms with Gasteiger partial charge in [-0.05, 0) is 17.5 Å². The van der Waals surface area contributed by atoms with Crippen LogP contribution in [-0.4, -0.2) is 24.5 Å². The number of ketones is 1. The van der Waals surface area contributed by atoms with Gasteiger partial charge in [-0.1, -0.05) is 19.9 Å². The van der Waals surface area contributed by atoms with Gasteiger partial charge in [-0.3, -0.25) is 9.78 Å². The summed E-state index contributed by atoms with van der Waals surface area (Å²) in [5.41, 5.74) is 2.00. The minimum atomic E-state index is 0.0577. The summed E-state index contributed by atoms with van der Waals surface area (Å²) < 4.78 is 4.76. The van der Waals surface area contributed by atoms with Gasteiger partial charge in [0.1, 0.15) is 6.61 Å². The predicted molar refractivity (Wildman–Crippen MR) is 58.9 cm³/mol. The average Bonchev–Trinajstić information content (AvgIpc) is 2.18. The second-order valence-corrected chi connectivity index (χ2v) is 3.89. The molecule has 1 aromatic heterocycles. The van der Waals surface area contributed by atoms with Crippen molar-refractivity contribution < 1.29 is 9.53 Å². The molecule has 0 amide bonds. The molecule has 1 aromatic rings. The van der Waals surface area contributed by atoms with Gasteiger partial charge < -0.3 is 4.74 Å². The summed E-state index contributed by atoms with van der Waals surface area (Å²) in [7, 11) is 1.52. The van der Waals surface area contributed by atoms with Crippen molar-refractivity contribution in [3.63, 3.8) is 0 Å². The lowest BCUT2D eigenvalue weighted by Gasteiger charge is -2.05. The van der Waals surface area contributed by atoms with Crippen molar-refractivity contribution in [3.8, 4) is 0 Å². The normalized spacial score (nSPS) is 10.7. The van der Waals surface area contributed by atoms with Gasteiger partial charge in [0.25, 0.3) is 0 Å². The monoisotopic (exact) mass is 207 g/mol. The van der Waals surface area contributed by atoms with Gasteiger partial charge in [0.05, 0.1) is 6.42 Å². The Bertz CT molecular complexity index is 317. The van der Waals surface area contributed by atoms with E-state index in [1.54, 1.807) is 0 Å². The molecular formula is C12H17NO2. The van der Waals surface area contributed by atoms with E-state index in [4.69, 9.17) is 4.74 Å². The highest BCUT2D eigenvalue weighted by Gasteiger charge is 2.05. The van der Waals surface area contributed by atoms with Crippen molar-refractivity contribution in [1.82, 2.24) is 4.98 Å². The smallest absolute Gasteiger partial charge is 0.164 e. The fourth-order valence-corrected chi connectivity index (χ4v) is 1.30. The first-order valence-corrected chi connectivity index (χ1v) is 5.09. The molecule has 1 rings (SSSR count). The number of carbonyl (C=O) groups excluding carboxylic acids is 1. The molecule has 82 valence electrons. The molecule has 0 saturated carbocycles. The highest BCUT2D eigenvalue weighted by Crippen LogP contribution is 2.12. The van der Waals surface area contributed by atoms with Crippen LogP contribution in [0.1, 0.15) is 31.0 Å². The Labute approximate surface area is 90.5 Å². The largest absolute Gasteiger partial charge is 0.377 e. The summed E-state index contributed by atoms with van der Waals surface area (Å²) in [5.74, 6) is 0.531. The van der Waals surface area contributed by atoms with Crippen molar-refractivity contribution >= 4 is 5.78 Å². The zero-order valence-corrected chi connectivity index (χ0v) is 9.49. The molecule has 0 radical (unpaired) electrons. The van der Waals surface area contributed by atoms with Crippen LogP contribution in [-0.2, 0) is 16.0 Å². The summed E-state index contributed by atoms with van der Waals surface area (Å²) in [6.45, 7) is 4.40. The van der Waals surface area contributed by atoms with Crippen molar-refractivity contribution in [3.05, 3.63) is 29.6 Å². The molecule has 15 heavy (non-hydrogen) atoms. The van der Waals surface area contributed by atoms with E-state index in [1.807, 2.05) is 18.3 Å². The number of methoxy groups -OCH3 is 1. The molecular weight excluding hydrogens is 190 g/mol. The van der Waals surface area contributed by atoms with E-state index in [9.17, 15) is 4.79 Å². The molecule has 0 aliphatic carbocycles. The topological polar surface area (TPSA) is 39.2 Å². The van der Waals surface area contributed by atoms with Gasteiger partial charge in [-0.15, -0.1) is 0 Å². The van der Waals surface area contributed by atoms with E-state index >= 15 is 0 Å². The second kappa shape index (κ2) is 5.61. The molecule has 0 aliphatic rings. The number of hydrogen-bond donors (Lipinski definition) is 0. The van der Waals surface area contributed by atoms with Crippen LogP contribution in [0.15, 0.2) is 18.3 Å². The van der Waals surface area contributed by atoms with Crippen molar-refractivity contribution in [2.24, 2.45) is 0 Å². The molecule has 0 aliphatic heterocycles. The summed E-state index contributed by atoms with van der Waals surface area (Å²) in [6.07, 6.45) is 2.19. The van der Waals surface area contributed by atoms with E-state index in [0.29, 0.717) is 12.3 Å². The molecule has 1 heterocycles. The quantitative estimate of drug-likeness (QED) is 0.741. The van der Waals surface area contributed by atoms with Crippen LogP contribution in [0, 0.1) is 0 Å². The van der Waals surface area contributed by atoms with E-state index in [2.05, 4.69) is 18.8 Å². The Hall–Kier alpha value is -1.22. The highest BCUT2D eigenvalue weighted by molar-refractivity contribution is 5.81. The third-order valence-electron chi connectivity index (χ3n) is 2.20. The fourth-order valence-electron chi connectivity index (χ4n) is 1.30. The zero-order chi connectivity index (χ0) is 11.3. The number of Topliss-reactive ketones (excluding diaryl/α,β-unsaturated/α-hetero) is 1. The molecule has 0 spiro atoms. The van der Waals surface area contributed by atoms with Crippen molar-refractivity contribution in [2.75, 3.05) is 13.7 Å². The van der Waals surface area contributed by atoms with Gasteiger partial charge in [-0.25, -0.2) is 0 Å². The minimum absolute atomic E-state index is 0.0577. The number of ether oxygens (including phenoxy) is 1. The van der Waals surface area contributed by atoms with Crippen LogP contribution in [0.2, 0.25) is 0 Å². The van der Waals surface area contributed by atoms with Gasteiger partial charge >= 0.3 is 0 Å². The fraction of sp³-hybridized carbons (Fsp3) is 0.500. The first-order chi connectivity index (χ1) is 7.13. The number of pyridine rings is 1. The van der Waals surface area contributed by atoms with Crippen LogP contribution >= 0.6 is 0 Å². The van der Waals surface area contributed by atoms with E-state index in [1.165, 1.54) is 12.7 Å². The Balaban J connectivity index is 2.60. The number of rotatable bonds is 5. The van der Waals surface area contributed by atoms with Gasteiger partial charge in [0.15, 0.2) is 5.78 Å². The maximum absolute atomic E-state index is 11.3. The van der Waals surface area contributed by atoms with E-state index in [0.717, 1.165) is 5.69 Å². The van der Waals surface area contributed by atoms with Crippen LogP contribution in [0.5, 0.6) is 0 Å². The Morgan fingerprint density at radius 3 is 2.67 bits per heavy atom. The SMILES string of the molecule is COCC(=O)Cc1ccc(C(C)C)cn1. The highest BCUT2D eigenvalue weighted by atomic mass is 16.5. The number of aromatic nitrogens is 1. The van der Waals surface area contributed by atoms with Crippen LogP contribution in [0.4, 0.5) is 0 Å². The molecule has 0 saturated heterocycles. The minimum Gasteiger partial charge on any atom is -0.377 e. The van der Waals surface area contributed by atoms with E-state index < -0.39 is 0 Å². The first-order valence-electron chi connectivity index (χ1n) is 5.09. The molecule has 3 heteroatoms. The lowest BCUT2D eigenvalue weighted by Crippen LogP contribution is -2.10. The van der Waals surface area contributed by atoms with Crippen LogP contribution in [0.25, 0.3) is 0 Å². The van der Waals surface area contributed by atoms with E-state index in [-0.39, 0.29) is 12.4 Å². The van der Waals surface area contributed by atoms with Gasteiger partial charge in [0, 0.05) is 19.0 Å². The molecule has 0 N–H and O–H groups in total. The Morgan fingerprint density at radius 2 is 2.20 bits per heavy atom. The molecule has 0 aromatic carbocycles. The lowest BCUT2D eigenvalue weighted by atomic mass is 10.1. The maximum atomic E-state index is 11.3. The number of carbonyl (C=O) groups is 1. The first kappa shape index (κ1) is 11.9. The molecule has 0 fully saturated rings. The average molecular weight is 207 g/mol. The summed E-state index contributed by atoms with van der Waals surface area (Å²) in [5, 5.41) is 0.